The van der Waals surface area contributed by atoms with Gasteiger partial charge in [0, 0.05) is 12.3 Å². The Kier molecular flexibility index (Phi) is 5.87. The number of Topliss-reactive ketones (excluding diaryl/α,β-unsaturated/α-hetero) is 1. The highest BCUT2D eigenvalue weighted by Crippen LogP contribution is 2.24. The van der Waals surface area contributed by atoms with Crippen LogP contribution in [-0.4, -0.2) is 30.1 Å². The minimum atomic E-state index is -3.73. The Morgan fingerprint density at radius 2 is 1.82 bits per heavy atom. The fourth-order valence-electron chi connectivity index (χ4n) is 2.31. The summed E-state index contributed by atoms with van der Waals surface area (Å²) in [6.45, 7) is 3.15. The summed E-state index contributed by atoms with van der Waals surface area (Å²) in [5.74, 6) is -0.461. The maximum Gasteiger partial charge on any atom is 0.263 e. The number of ketones is 1. The molecule has 2 aromatic heterocycles. The van der Waals surface area contributed by atoms with E-state index in [4.69, 9.17) is 0 Å². The molecule has 0 unspecified atom stereocenters. The highest BCUT2D eigenvalue weighted by molar-refractivity contribution is 7.93. The lowest BCUT2D eigenvalue weighted by Crippen LogP contribution is -2.15. The van der Waals surface area contributed by atoms with E-state index in [9.17, 15) is 18.0 Å². The van der Waals surface area contributed by atoms with Crippen molar-refractivity contribution in [2.24, 2.45) is 0 Å². The normalized spacial score (nSPS) is 11.2. The maximum atomic E-state index is 12.3. The molecule has 0 aliphatic carbocycles. The van der Waals surface area contributed by atoms with Gasteiger partial charge in [0.2, 0.25) is 5.91 Å². The first-order chi connectivity index (χ1) is 13.2. The van der Waals surface area contributed by atoms with E-state index in [-0.39, 0.29) is 28.1 Å². The van der Waals surface area contributed by atoms with Crippen LogP contribution in [0.3, 0.4) is 0 Å². The molecule has 28 heavy (non-hydrogen) atoms. The Hall–Kier alpha value is -2.63. The molecular formula is C17H16N4O4S3. The van der Waals surface area contributed by atoms with Gasteiger partial charge >= 0.3 is 0 Å². The fraction of sp³-hybridized carbons (Fsp3) is 0.176. The van der Waals surface area contributed by atoms with Crippen molar-refractivity contribution in [3.63, 3.8) is 0 Å². The average molecular weight is 437 g/mol. The van der Waals surface area contributed by atoms with Crippen molar-refractivity contribution < 1.29 is 18.0 Å². The Bertz CT molecular complexity index is 1120. The van der Waals surface area contributed by atoms with Gasteiger partial charge in [0.25, 0.3) is 10.0 Å². The molecule has 3 rings (SSSR count). The number of hydrogen-bond acceptors (Lipinski definition) is 8. The van der Waals surface area contributed by atoms with Gasteiger partial charge in [-0.25, -0.2) is 18.4 Å². The van der Waals surface area contributed by atoms with Crippen LogP contribution < -0.4 is 10.0 Å². The second-order valence-electron chi connectivity index (χ2n) is 5.78. The first-order valence-electron chi connectivity index (χ1n) is 8.05. The Morgan fingerprint density at radius 1 is 1.11 bits per heavy atom. The highest BCUT2D eigenvalue weighted by Gasteiger charge is 2.17. The van der Waals surface area contributed by atoms with Crippen molar-refractivity contribution in [1.29, 1.82) is 0 Å². The molecule has 0 saturated heterocycles. The van der Waals surface area contributed by atoms with Gasteiger partial charge < -0.3 is 5.32 Å². The molecule has 0 fully saturated rings. The van der Waals surface area contributed by atoms with Crippen LogP contribution in [-0.2, 0) is 21.2 Å². The van der Waals surface area contributed by atoms with Crippen LogP contribution >= 0.6 is 22.7 Å². The number of carbonyl (C=O) groups excluding carboxylic acids is 2. The second-order valence-corrected chi connectivity index (χ2v) is 9.32. The number of benzene rings is 1. The molecule has 3 aromatic rings. The number of thiazole rings is 2. The van der Waals surface area contributed by atoms with Gasteiger partial charge in [-0.2, -0.15) is 0 Å². The summed E-state index contributed by atoms with van der Waals surface area (Å²) in [6.07, 6.45) is -0.0441. The molecule has 0 spiro atoms. The largest absolute Gasteiger partial charge is 0.302 e. The van der Waals surface area contributed by atoms with Crippen LogP contribution in [0.2, 0.25) is 0 Å². The molecule has 0 bridgehead atoms. The van der Waals surface area contributed by atoms with Crippen molar-refractivity contribution in [3.05, 3.63) is 52.0 Å². The molecule has 0 atom stereocenters. The van der Waals surface area contributed by atoms with Gasteiger partial charge in [0.05, 0.1) is 27.6 Å². The maximum absolute atomic E-state index is 12.3. The molecule has 11 heteroatoms. The van der Waals surface area contributed by atoms with E-state index >= 15 is 0 Å². The Labute approximate surface area is 169 Å². The smallest absolute Gasteiger partial charge is 0.263 e. The number of aromatic nitrogens is 2. The summed E-state index contributed by atoms with van der Waals surface area (Å²) < 4.78 is 27.0. The van der Waals surface area contributed by atoms with Gasteiger partial charge in [-0.15, -0.1) is 11.3 Å². The number of carbonyl (C=O) groups is 2. The summed E-state index contributed by atoms with van der Waals surface area (Å²) >= 11 is 2.21. The monoisotopic (exact) mass is 436 g/mol. The van der Waals surface area contributed by atoms with Crippen molar-refractivity contribution in [2.45, 2.75) is 25.2 Å². The van der Waals surface area contributed by atoms with E-state index in [2.05, 4.69) is 20.0 Å². The first-order valence-corrected chi connectivity index (χ1v) is 11.2. The van der Waals surface area contributed by atoms with Crippen LogP contribution in [0, 0.1) is 6.92 Å². The van der Waals surface area contributed by atoms with E-state index in [1.807, 2.05) is 0 Å². The zero-order valence-corrected chi connectivity index (χ0v) is 17.4. The topological polar surface area (TPSA) is 118 Å². The van der Waals surface area contributed by atoms with Crippen LogP contribution in [0.5, 0.6) is 0 Å². The molecule has 146 valence electrons. The van der Waals surface area contributed by atoms with Crippen molar-refractivity contribution >= 4 is 54.7 Å². The average Bonchev–Trinajstić information content (AvgIpc) is 3.21. The van der Waals surface area contributed by atoms with Crippen molar-refractivity contribution in [2.75, 3.05) is 10.0 Å². The lowest BCUT2D eigenvalue weighted by molar-refractivity contribution is -0.115. The molecule has 1 aromatic carbocycles. The van der Waals surface area contributed by atoms with E-state index in [1.54, 1.807) is 30.5 Å². The quantitative estimate of drug-likeness (QED) is 0.550. The SMILES string of the molecule is CC(=O)c1sc(NC(=O)Cc2csc(NS(=O)(=O)c3ccccc3)n2)nc1C. The molecule has 0 aliphatic heterocycles. The molecule has 0 aliphatic rings. The molecule has 2 heterocycles. The summed E-state index contributed by atoms with van der Waals surface area (Å²) in [5, 5.41) is 4.76. The second kappa shape index (κ2) is 8.17. The molecule has 0 radical (unpaired) electrons. The van der Waals surface area contributed by atoms with Crippen molar-refractivity contribution in [1.82, 2.24) is 9.97 Å². The molecule has 0 saturated carbocycles. The van der Waals surface area contributed by atoms with Crippen molar-refractivity contribution in [3.8, 4) is 0 Å². The zero-order chi connectivity index (χ0) is 20.3. The third kappa shape index (κ3) is 4.80. The van der Waals surface area contributed by atoms with Crippen LogP contribution in [0.4, 0.5) is 10.3 Å². The third-order valence-electron chi connectivity index (χ3n) is 3.53. The van der Waals surface area contributed by atoms with Crippen LogP contribution in [0.1, 0.15) is 28.0 Å². The summed E-state index contributed by atoms with van der Waals surface area (Å²) in [6, 6.07) is 7.95. The van der Waals surface area contributed by atoms with Gasteiger partial charge in [0.1, 0.15) is 0 Å². The van der Waals surface area contributed by atoms with Gasteiger partial charge in [-0.1, -0.05) is 29.5 Å². The standard InChI is InChI=1S/C17H16N4O4S3/c1-10-15(11(2)22)27-16(18-10)20-14(23)8-12-9-26-17(19-12)21-28(24,25)13-6-4-3-5-7-13/h3-7,9H,8H2,1-2H3,(H,19,21)(H,18,20,23). The third-order valence-corrected chi connectivity index (χ3v) is 7.00. The van der Waals surface area contributed by atoms with Gasteiger partial charge in [-0.05, 0) is 19.1 Å². The van der Waals surface area contributed by atoms with Gasteiger partial charge in [0.15, 0.2) is 16.0 Å². The summed E-state index contributed by atoms with van der Waals surface area (Å²) in [4.78, 5) is 32.6. The Morgan fingerprint density at radius 3 is 2.46 bits per heavy atom. The lowest BCUT2D eigenvalue weighted by Gasteiger charge is -2.04. The first kappa shape index (κ1) is 20.1. The Balaban J connectivity index is 1.63. The van der Waals surface area contributed by atoms with E-state index < -0.39 is 10.0 Å². The summed E-state index contributed by atoms with van der Waals surface area (Å²) in [7, 11) is -3.73. The number of nitrogens with one attached hydrogen (secondary N) is 2. The van der Waals surface area contributed by atoms with Gasteiger partial charge in [-0.3, -0.25) is 14.3 Å². The number of anilines is 2. The molecular weight excluding hydrogens is 420 g/mol. The lowest BCUT2D eigenvalue weighted by atomic mass is 10.3. The highest BCUT2D eigenvalue weighted by atomic mass is 32.2. The predicted molar refractivity (Wildman–Crippen MR) is 109 cm³/mol. The molecule has 2 N–H and O–H groups in total. The van der Waals surface area contributed by atoms with E-state index in [0.29, 0.717) is 21.4 Å². The number of nitrogens with zero attached hydrogens (tertiary/aromatic N) is 2. The van der Waals surface area contributed by atoms with Crippen LogP contribution in [0.25, 0.3) is 0 Å². The number of rotatable bonds is 7. The number of sulfonamides is 1. The number of hydrogen-bond donors (Lipinski definition) is 2. The molecule has 8 nitrogen and oxygen atoms in total. The predicted octanol–water partition coefficient (Wildman–Crippen LogP) is 3.09. The van der Waals surface area contributed by atoms with Crippen LogP contribution in [0.15, 0.2) is 40.6 Å². The number of aryl methyl sites for hydroxylation is 1. The van der Waals surface area contributed by atoms with E-state index in [0.717, 1.165) is 22.7 Å². The molecule has 1 amide bonds. The summed E-state index contributed by atoms with van der Waals surface area (Å²) in [5.41, 5.74) is 0.993. The van der Waals surface area contributed by atoms with E-state index in [1.165, 1.54) is 19.1 Å². The fourth-order valence-corrected chi connectivity index (χ4v) is 5.17. The minimum Gasteiger partial charge on any atom is -0.302 e. The zero-order valence-electron chi connectivity index (χ0n) is 14.9. The number of amides is 1. The minimum absolute atomic E-state index is 0.0441.